The monoisotopic (exact) mass is 512 g/mol. The molecule has 1 heterocycles. The van der Waals surface area contributed by atoms with E-state index in [0.717, 1.165) is 0 Å². The van der Waals surface area contributed by atoms with Gasteiger partial charge in [0.2, 0.25) is 6.41 Å². The predicted octanol–water partition coefficient (Wildman–Crippen LogP) is 2.66. The van der Waals surface area contributed by atoms with E-state index in [1.54, 1.807) is 38.1 Å². The number of amides is 1. The Hall–Kier alpha value is -2.60. The highest BCUT2D eigenvalue weighted by atomic mass is 32.1. The zero-order valence-corrected chi connectivity index (χ0v) is 20.9. The number of aliphatic hydroxyl groups excluding tert-OH is 1. The molecule has 13 heteroatoms. The highest BCUT2D eigenvalue weighted by Gasteiger charge is 2.17. The lowest BCUT2D eigenvalue weighted by Gasteiger charge is -2.22. The summed E-state index contributed by atoms with van der Waals surface area (Å²) in [5, 5.41) is 10.8. The van der Waals surface area contributed by atoms with Gasteiger partial charge in [0.25, 0.3) is 0 Å². The second-order valence-corrected chi connectivity index (χ2v) is 9.49. The van der Waals surface area contributed by atoms with Crippen molar-refractivity contribution in [2.75, 3.05) is 18.9 Å². The van der Waals surface area contributed by atoms with Crippen molar-refractivity contribution >= 4 is 36.5 Å². The number of phosphoric ester groups is 1. The number of phosphoric acid groups is 1. The number of carbonyl (C=O) groups excluding carboxylic acids is 1. The molecule has 2 rings (SSSR count). The number of aromatic nitrogens is 2. The number of nitrogens with two attached hydrogens (primary N) is 1. The quantitative estimate of drug-likeness (QED) is 0.123. The van der Waals surface area contributed by atoms with Gasteiger partial charge in [-0.15, -0.1) is 11.4 Å². The van der Waals surface area contributed by atoms with Crippen molar-refractivity contribution in [2.45, 2.75) is 33.7 Å². The number of hydrogen-bond donors (Lipinski definition) is 5. The molecule has 0 saturated heterocycles. The molecule has 2 aromatic rings. The lowest BCUT2D eigenvalue weighted by atomic mass is 10.2. The maximum Gasteiger partial charge on any atom is 0.469 e. The van der Waals surface area contributed by atoms with Crippen LogP contribution < -0.4 is 10.5 Å². The first-order valence-corrected chi connectivity index (χ1v) is 12.7. The second-order valence-electron chi connectivity index (χ2n) is 7.06. The summed E-state index contributed by atoms with van der Waals surface area (Å²) in [6, 6.07) is 6.87. The molecule has 186 valence electrons. The van der Waals surface area contributed by atoms with Gasteiger partial charge in [-0.2, -0.15) is 0 Å². The van der Waals surface area contributed by atoms with Gasteiger partial charge < -0.3 is 30.3 Å². The molecule has 0 aliphatic heterocycles. The van der Waals surface area contributed by atoms with Gasteiger partial charge in [0, 0.05) is 34.3 Å². The van der Waals surface area contributed by atoms with Crippen LogP contribution in [-0.4, -0.2) is 54.4 Å². The Bertz CT molecular complexity index is 1120. The van der Waals surface area contributed by atoms with Crippen molar-refractivity contribution in [1.29, 1.82) is 0 Å². The molecule has 1 amide bonds. The molecular weight excluding hydrogens is 483 g/mol. The maximum absolute atomic E-state index is 11.9. The Kier molecular flexibility index (Phi) is 10.4. The van der Waals surface area contributed by atoms with Crippen molar-refractivity contribution in [3.05, 3.63) is 58.0 Å². The first-order valence-electron chi connectivity index (χ1n) is 10.2. The molecule has 0 fully saturated rings. The predicted molar refractivity (Wildman–Crippen MR) is 131 cm³/mol. The van der Waals surface area contributed by atoms with Crippen LogP contribution in [0.2, 0.25) is 0 Å². The Morgan fingerprint density at radius 1 is 1.35 bits per heavy atom. The first kappa shape index (κ1) is 27.6. The molecule has 0 spiro atoms. The van der Waals surface area contributed by atoms with Gasteiger partial charge in [-0.1, -0.05) is 12.1 Å². The van der Waals surface area contributed by atoms with Crippen LogP contribution >= 0.6 is 19.2 Å². The van der Waals surface area contributed by atoms with E-state index in [0.29, 0.717) is 57.7 Å². The van der Waals surface area contributed by atoms with Gasteiger partial charge in [0.1, 0.15) is 22.4 Å². The van der Waals surface area contributed by atoms with E-state index in [2.05, 4.69) is 14.5 Å². The smallest absolute Gasteiger partial charge is 0.469 e. The fourth-order valence-corrected chi connectivity index (χ4v) is 4.23. The van der Waals surface area contributed by atoms with Crippen molar-refractivity contribution in [1.82, 2.24) is 14.9 Å². The van der Waals surface area contributed by atoms with Gasteiger partial charge >= 0.3 is 7.82 Å². The second kappa shape index (κ2) is 12.7. The van der Waals surface area contributed by atoms with Gasteiger partial charge in [0.05, 0.1) is 19.8 Å². The number of nitrogens with zero attached hydrogens (tertiary/aromatic N) is 3. The summed E-state index contributed by atoms with van der Waals surface area (Å²) < 4.78 is 21.2. The van der Waals surface area contributed by atoms with E-state index in [1.165, 1.54) is 11.1 Å². The van der Waals surface area contributed by atoms with E-state index < -0.39 is 7.82 Å². The molecule has 0 radical (unpaired) electrons. The highest BCUT2D eigenvalue weighted by molar-refractivity contribution is 8.02. The number of hydrogen-bond acceptors (Lipinski definition) is 7. The van der Waals surface area contributed by atoms with E-state index in [9.17, 15) is 14.5 Å². The van der Waals surface area contributed by atoms with Crippen LogP contribution in [0.1, 0.15) is 37.2 Å². The Morgan fingerprint density at radius 3 is 2.71 bits per heavy atom. The Balaban J connectivity index is 2.43. The molecule has 1 aromatic heterocycles. The molecule has 0 atom stereocenters. The molecule has 5 N–H and O–H groups in total. The number of aryl methyl sites for hydroxylation is 1. The summed E-state index contributed by atoms with van der Waals surface area (Å²) in [5.74, 6) is 1.31. The number of nitrogen functional groups attached to an aromatic ring is 1. The van der Waals surface area contributed by atoms with Crippen molar-refractivity contribution in [3.8, 4) is 5.75 Å². The van der Waals surface area contributed by atoms with Gasteiger partial charge in [-0.25, -0.2) is 14.5 Å². The molecule has 1 aromatic carbocycles. The normalized spacial score (nSPS) is 13.1. The zero-order chi connectivity index (χ0) is 25.3. The molecule has 11 nitrogen and oxygen atoms in total. The van der Waals surface area contributed by atoms with Gasteiger partial charge in [-0.05, 0) is 32.9 Å². The number of anilines is 1. The number of ether oxygens (including phenoxy) is 1. The van der Waals surface area contributed by atoms with Gasteiger partial charge in [-0.3, -0.25) is 9.32 Å². The summed E-state index contributed by atoms with van der Waals surface area (Å²) in [6.07, 6.45) is 2.16. The minimum atomic E-state index is -4.68. The van der Waals surface area contributed by atoms with Crippen LogP contribution in [0.15, 0.2) is 41.1 Å². The number of allylic oxidation sites excluding steroid dienone is 1. The number of thiol groups is 1. The molecule has 0 saturated carbocycles. The van der Waals surface area contributed by atoms with Gasteiger partial charge in [0.15, 0.2) is 0 Å². The summed E-state index contributed by atoms with van der Waals surface area (Å²) in [4.78, 5) is 40.0. The number of aliphatic hydroxyl groups is 1. The average Bonchev–Trinajstić information content (AvgIpc) is 2.77. The molecule has 0 aliphatic carbocycles. The first-order chi connectivity index (χ1) is 16.0. The van der Waals surface area contributed by atoms with Crippen LogP contribution in [-0.2, 0) is 20.4 Å². The zero-order valence-electron chi connectivity index (χ0n) is 19.1. The van der Waals surface area contributed by atoms with E-state index in [-0.39, 0.29) is 30.4 Å². The number of carbonyl (C=O) groups is 1. The van der Waals surface area contributed by atoms with E-state index >= 15 is 0 Å². The van der Waals surface area contributed by atoms with Crippen LogP contribution in [0.4, 0.5) is 5.82 Å². The topological polar surface area (TPSA) is 168 Å². The van der Waals surface area contributed by atoms with Crippen LogP contribution in [0.25, 0.3) is 0 Å². The third-order valence-electron chi connectivity index (χ3n) is 4.58. The third-order valence-corrected chi connectivity index (χ3v) is 6.38. The minimum absolute atomic E-state index is 0.0314. The standard InChI is InChI=1S/C21H29N4O7PS/c1-4-31-18-7-5-6-16(10-18)21(27)34-19(8-9-32-33(28,29)30)14(2)25(13-26)12-17-11-23-15(3)24-20(17)22/h5-7,10-11,13,27,34H,4,8-9,12H2,1-3H3,(H2,22,23,24)(H2,28,29,30)/b19-14-. The number of rotatable bonds is 12. The molecular formula is C21H29N4O7PS. The molecule has 0 aliphatic rings. The summed E-state index contributed by atoms with van der Waals surface area (Å²) in [7, 11) is -4.68. The third kappa shape index (κ3) is 8.64. The maximum atomic E-state index is 11.9. The molecule has 34 heavy (non-hydrogen) atoms. The Morgan fingerprint density at radius 2 is 2.09 bits per heavy atom. The van der Waals surface area contributed by atoms with E-state index in [1.807, 2.05) is 6.92 Å². The SMILES string of the molecule is CCOc1cccc(/C(O)=[SH]/C(CCOP(=O)(O)O)=C(/C)N(C=O)Cc2cnc(C)nc2N)c1. The van der Waals surface area contributed by atoms with Crippen LogP contribution in [0.5, 0.6) is 5.75 Å². The largest absolute Gasteiger partial charge is 0.494 e. The molecule has 0 bridgehead atoms. The lowest BCUT2D eigenvalue weighted by Crippen LogP contribution is -2.22. The lowest BCUT2D eigenvalue weighted by molar-refractivity contribution is -0.116. The minimum Gasteiger partial charge on any atom is -0.494 e. The average molecular weight is 513 g/mol. The number of benzene rings is 1. The summed E-state index contributed by atoms with van der Waals surface area (Å²) in [5.41, 5.74) is 7.43. The van der Waals surface area contributed by atoms with Crippen molar-refractivity contribution in [2.24, 2.45) is 0 Å². The fourth-order valence-electron chi connectivity index (χ4n) is 2.88. The van der Waals surface area contributed by atoms with Crippen molar-refractivity contribution in [3.63, 3.8) is 0 Å². The van der Waals surface area contributed by atoms with E-state index in [4.69, 9.17) is 20.3 Å². The van der Waals surface area contributed by atoms with Crippen molar-refractivity contribution < 1.29 is 33.5 Å². The van der Waals surface area contributed by atoms with Crippen LogP contribution in [0, 0.1) is 6.92 Å². The fraction of sp³-hybridized carbons (Fsp3) is 0.333. The Labute approximate surface area is 201 Å². The summed E-state index contributed by atoms with van der Waals surface area (Å²) in [6.45, 7) is 5.41. The van der Waals surface area contributed by atoms with Crippen LogP contribution in [0.3, 0.4) is 0 Å². The molecule has 0 unspecified atom stereocenters. The summed E-state index contributed by atoms with van der Waals surface area (Å²) >= 11 is 0.322. The highest BCUT2D eigenvalue weighted by Crippen LogP contribution is 2.36.